The van der Waals surface area contributed by atoms with Crippen molar-refractivity contribution in [2.75, 3.05) is 16.8 Å². The molecule has 2 aromatic carbocycles. The van der Waals surface area contributed by atoms with Crippen LogP contribution >= 0.6 is 11.6 Å². The normalized spacial score (nSPS) is 19.7. The number of fused-ring (bicyclic) bond motifs is 4. The number of rotatable bonds is 2. The van der Waals surface area contributed by atoms with Crippen LogP contribution in [-0.2, 0) is 15.0 Å². The lowest BCUT2D eigenvalue weighted by molar-refractivity contribution is -0.126. The summed E-state index contributed by atoms with van der Waals surface area (Å²) in [6, 6.07) is 14.6. The van der Waals surface area contributed by atoms with Gasteiger partial charge in [-0.15, -0.1) is 6.42 Å². The number of nitrogens with zero attached hydrogens (tertiary/aromatic N) is 3. The molecular formula is C22H15ClN4O2. The van der Waals surface area contributed by atoms with Crippen molar-refractivity contribution in [1.29, 1.82) is 0 Å². The predicted molar refractivity (Wildman–Crippen MR) is 110 cm³/mol. The van der Waals surface area contributed by atoms with Crippen LogP contribution in [0.1, 0.15) is 17.5 Å². The molecule has 6 nitrogen and oxygen atoms in total. The zero-order valence-electron chi connectivity index (χ0n) is 15.2. The Balaban J connectivity index is 1.75. The quantitative estimate of drug-likeness (QED) is 0.670. The van der Waals surface area contributed by atoms with Crippen molar-refractivity contribution >= 4 is 34.9 Å². The molecule has 0 saturated heterocycles. The number of amides is 2. The molecule has 2 aliphatic heterocycles. The summed E-state index contributed by atoms with van der Waals surface area (Å²) in [6.45, 7) is 0.139. The summed E-state index contributed by atoms with van der Waals surface area (Å²) in [5, 5.41) is 7.96. The highest BCUT2D eigenvalue weighted by Crippen LogP contribution is 2.52. The molecule has 5 rings (SSSR count). The molecule has 0 unspecified atom stereocenters. The van der Waals surface area contributed by atoms with Gasteiger partial charge >= 0.3 is 0 Å². The molecule has 3 aromatic rings. The fourth-order valence-electron chi connectivity index (χ4n) is 4.28. The monoisotopic (exact) mass is 402 g/mol. The first-order valence-corrected chi connectivity index (χ1v) is 9.43. The van der Waals surface area contributed by atoms with E-state index in [1.165, 1.54) is 0 Å². The van der Waals surface area contributed by atoms with Crippen molar-refractivity contribution < 1.29 is 9.59 Å². The van der Waals surface area contributed by atoms with E-state index in [0.717, 1.165) is 16.9 Å². The van der Waals surface area contributed by atoms with Gasteiger partial charge < -0.3 is 5.32 Å². The van der Waals surface area contributed by atoms with Crippen molar-refractivity contribution in [1.82, 2.24) is 9.78 Å². The van der Waals surface area contributed by atoms with E-state index in [1.54, 1.807) is 40.0 Å². The number of hydrogen-bond acceptors (Lipinski definition) is 3. The number of para-hydroxylation sites is 1. The third kappa shape index (κ3) is 2.35. The van der Waals surface area contributed by atoms with Crippen LogP contribution in [0.15, 0.2) is 54.7 Å². The Morgan fingerprint density at radius 1 is 1.14 bits per heavy atom. The first-order valence-electron chi connectivity index (χ1n) is 9.05. The van der Waals surface area contributed by atoms with E-state index >= 15 is 0 Å². The molecule has 0 radical (unpaired) electrons. The summed E-state index contributed by atoms with van der Waals surface area (Å²) in [7, 11) is 0. The smallest absolute Gasteiger partial charge is 0.243 e. The molecule has 29 heavy (non-hydrogen) atoms. The summed E-state index contributed by atoms with van der Waals surface area (Å²) in [5.74, 6) is 2.57. The Bertz CT molecular complexity index is 1210. The van der Waals surface area contributed by atoms with Gasteiger partial charge in [-0.1, -0.05) is 35.7 Å². The summed E-state index contributed by atoms with van der Waals surface area (Å²) in [6.07, 6.45) is 7.16. The van der Waals surface area contributed by atoms with Crippen LogP contribution in [0, 0.1) is 12.3 Å². The first kappa shape index (κ1) is 17.5. The highest BCUT2D eigenvalue weighted by molar-refractivity contribution is 6.30. The summed E-state index contributed by atoms with van der Waals surface area (Å²) < 4.78 is 1.62. The Hall–Kier alpha value is -3.56. The van der Waals surface area contributed by atoms with Crippen LogP contribution in [0.2, 0.25) is 5.02 Å². The minimum Gasteiger partial charge on any atom is -0.310 e. The number of halogens is 1. The lowest BCUT2D eigenvalue weighted by Crippen LogP contribution is -2.46. The number of hydrogen-bond donors (Lipinski definition) is 1. The van der Waals surface area contributed by atoms with Gasteiger partial charge in [0.1, 0.15) is 11.2 Å². The maximum atomic E-state index is 13.6. The van der Waals surface area contributed by atoms with Gasteiger partial charge in [-0.3, -0.25) is 14.5 Å². The van der Waals surface area contributed by atoms with E-state index in [-0.39, 0.29) is 24.8 Å². The average molecular weight is 403 g/mol. The van der Waals surface area contributed by atoms with Crippen LogP contribution in [0.25, 0.3) is 5.69 Å². The Kier molecular flexibility index (Phi) is 3.76. The van der Waals surface area contributed by atoms with Crippen LogP contribution in [0.3, 0.4) is 0 Å². The number of carbonyl (C=O) groups is 2. The maximum absolute atomic E-state index is 13.6. The largest absolute Gasteiger partial charge is 0.310 e. The molecule has 0 bridgehead atoms. The molecular weight excluding hydrogens is 388 g/mol. The van der Waals surface area contributed by atoms with Gasteiger partial charge in [0, 0.05) is 22.7 Å². The molecule has 0 fully saturated rings. The second-order valence-corrected chi connectivity index (χ2v) is 7.47. The van der Waals surface area contributed by atoms with E-state index in [2.05, 4.69) is 16.3 Å². The summed E-state index contributed by atoms with van der Waals surface area (Å²) in [5.41, 5.74) is 1.74. The van der Waals surface area contributed by atoms with Gasteiger partial charge in [0.25, 0.3) is 0 Å². The van der Waals surface area contributed by atoms with Crippen LogP contribution in [-0.4, -0.2) is 28.1 Å². The van der Waals surface area contributed by atoms with Gasteiger partial charge in [-0.05, 0) is 35.9 Å². The van der Waals surface area contributed by atoms with E-state index in [4.69, 9.17) is 18.0 Å². The molecule has 1 spiro atoms. The second-order valence-electron chi connectivity index (χ2n) is 7.04. The molecule has 142 valence electrons. The van der Waals surface area contributed by atoms with E-state index in [0.29, 0.717) is 16.4 Å². The second kappa shape index (κ2) is 6.23. The van der Waals surface area contributed by atoms with Crippen LogP contribution in [0.4, 0.5) is 11.5 Å². The van der Waals surface area contributed by atoms with E-state index < -0.39 is 5.41 Å². The molecule has 2 amide bonds. The molecule has 0 saturated carbocycles. The lowest BCUT2D eigenvalue weighted by atomic mass is 9.72. The number of anilines is 2. The molecule has 3 heterocycles. The Morgan fingerprint density at radius 2 is 1.90 bits per heavy atom. The van der Waals surface area contributed by atoms with Gasteiger partial charge in [-0.2, -0.15) is 5.10 Å². The molecule has 1 atom stereocenters. The van der Waals surface area contributed by atoms with Crippen molar-refractivity contribution in [3.05, 3.63) is 70.9 Å². The van der Waals surface area contributed by atoms with Crippen molar-refractivity contribution in [2.45, 2.75) is 11.8 Å². The van der Waals surface area contributed by atoms with Gasteiger partial charge in [-0.25, -0.2) is 4.68 Å². The number of benzene rings is 2. The maximum Gasteiger partial charge on any atom is 0.243 e. The van der Waals surface area contributed by atoms with Crippen LogP contribution in [0.5, 0.6) is 0 Å². The van der Waals surface area contributed by atoms with Crippen LogP contribution < -0.4 is 10.2 Å². The fourth-order valence-corrected chi connectivity index (χ4v) is 4.40. The zero-order chi connectivity index (χ0) is 20.2. The van der Waals surface area contributed by atoms with E-state index in [1.807, 2.05) is 24.3 Å². The molecule has 2 aliphatic rings. The predicted octanol–water partition coefficient (Wildman–Crippen LogP) is 3.13. The van der Waals surface area contributed by atoms with Crippen molar-refractivity contribution in [2.24, 2.45) is 0 Å². The average Bonchev–Trinajstić information content (AvgIpc) is 3.24. The minimum absolute atomic E-state index is 0.00320. The SMILES string of the molecule is C#CCN1C(=O)[C@]2(CC(=O)Nc3c2cnn3-c2ccc(Cl)cc2)c2ccccc21. The standard InChI is InChI=1S/C22H15ClN4O2/c1-2-11-26-18-6-4-3-5-16(18)22(21(26)29)12-19(28)25-20-17(22)13-24-27(20)15-9-7-14(23)8-10-15/h1,3-10,13H,11-12H2,(H,25,28)/t22-/m1/s1. The Morgan fingerprint density at radius 3 is 2.66 bits per heavy atom. The molecule has 7 heteroatoms. The topological polar surface area (TPSA) is 67.2 Å². The van der Waals surface area contributed by atoms with Crippen molar-refractivity contribution in [3.8, 4) is 18.0 Å². The lowest BCUT2D eigenvalue weighted by Gasteiger charge is -2.32. The molecule has 1 N–H and O–H groups in total. The number of aromatic nitrogens is 2. The minimum atomic E-state index is -1.14. The summed E-state index contributed by atoms with van der Waals surface area (Å²) in [4.78, 5) is 27.9. The zero-order valence-corrected chi connectivity index (χ0v) is 16.0. The van der Waals surface area contributed by atoms with Gasteiger partial charge in [0.15, 0.2) is 0 Å². The molecule has 1 aromatic heterocycles. The third-order valence-corrected chi connectivity index (χ3v) is 5.75. The third-order valence-electron chi connectivity index (χ3n) is 5.50. The number of carbonyl (C=O) groups excluding carboxylic acids is 2. The highest BCUT2D eigenvalue weighted by Gasteiger charge is 2.56. The number of terminal acetylenes is 1. The number of nitrogens with one attached hydrogen (secondary N) is 1. The van der Waals surface area contributed by atoms with Gasteiger partial charge in [0.05, 0.1) is 18.4 Å². The first-order chi connectivity index (χ1) is 14.1. The van der Waals surface area contributed by atoms with Gasteiger partial charge in [0.2, 0.25) is 11.8 Å². The highest BCUT2D eigenvalue weighted by atomic mass is 35.5. The van der Waals surface area contributed by atoms with E-state index in [9.17, 15) is 9.59 Å². The fraction of sp³-hybridized carbons (Fsp3) is 0.136. The molecule has 0 aliphatic carbocycles. The van der Waals surface area contributed by atoms with Crippen molar-refractivity contribution in [3.63, 3.8) is 0 Å². The summed E-state index contributed by atoms with van der Waals surface area (Å²) >= 11 is 5.99. The Labute approximate surface area is 172 Å².